The number of aliphatic hydroxyl groups excluding tert-OH is 1. The van der Waals surface area contributed by atoms with Crippen molar-refractivity contribution in [2.75, 3.05) is 6.61 Å². The molecular formula is C13H28O2. The molecule has 0 fully saturated rings. The van der Waals surface area contributed by atoms with Crippen LogP contribution in [0, 0.1) is 5.41 Å². The zero-order chi connectivity index (χ0) is 11.9. The Morgan fingerprint density at radius 1 is 0.800 bits per heavy atom. The SMILES string of the molecule is CC(C)(O)C(C)(C)CCCCCCCO. The lowest BCUT2D eigenvalue weighted by Crippen LogP contribution is -2.38. The molecular weight excluding hydrogens is 188 g/mol. The van der Waals surface area contributed by atoms with Gasteiger partial charge in [-0.15, -0.1) is 0 Å². The fourth-order valence-electron chi connectivity index (χ4n) is 1.51. The van der Waals surface area contributed by atoms with Crippen LogP contribution in [-0.2, 0) is 0 Å². The zero-order valence-electron chi connectivity index (χ0n) is 10.8. The van der Waals surface area contributed by atoms with Gasteiger partial charge in [0, 0.05) is 6.61 Å². The summed E-state index contributed by atoms with van der Waals surface area (Å²) in [5, 5.41) is 18.6. The molecule has 2 N–H and O–H groups in total. The van der Waals surface area contributed by atoms with Crippen LogP contribution in [0.1, 0.15) is 66.2 Å². The molecule has 0 saturated heterocycles. The number of aliphatic hydroxyl groups is 2. The van der Waals surface area contributed by atoms with E-state index in [4.69, 9.17) is 5.11 Å². The summed E-state index contributed by atoms with van der Waals surface area (Å²) in [4.78, 5) is 0. The highest BCUT2D eigenvalue weighted by Crippen LogP contribution is 2.35. The third-order valence-corrected chi connectivity index (χ3v) is 3.62. The molecule has 0 aliphatic carbocycles. The van der Waals surface area contributed by atoms with Crippen LogP contribution < -0.4 is 0 Å². The minimum atomic E-state index is -0.599. The highest BCUT2D eigenvalue weighted by Gasteiger charge is 2.33. The molecule has 0 aliphatic heterocycles. The summed E-state index contributed by atoms with van der Waals surface area (Å²) in [5.41, 5.74) is -0.609. The zero-order valence-corrected chi connectivity index (χ0v) is 10.8. The normalized spacial score (nSPS) is 13.2. The monoisotopic (exact) mass is 216 g/mol. The quantitative estimate of drug-likeness (QED) is 0.612. The van der Waals surface area contributed by atoms with Crippen molar-refractivity contribution < 1.29 is 10.2 Å². The van der Waals surface area contributed by atoms with Gasteiger partial charge in [0.05, 0.1) is 5.60 Å². The molecule has 0 bridgehead atoms. The van der Waals surface area contributed by atoms with E-state index in [1.165, 1.54) is 19.3 Å². The van der Waals surface area contributed by atoms with E-state index in [0.717, 1.165) is 19.3 Å². The maximum absolute atomic E-state index is 9.95. The van der Waals surface area contributed by atoms with Gasteiger partial charge >= 0.3 is 0 Å². The molecule has 0 atom stereocenters. The van der Waals surface area contributed by atoms with Crippen molar-refractivity contribution in [1.82, 2.24) is 0 Å². The molecule has 0 aromatic heterocycles. The second-order valence-corrected chi connectivity index (χ2v) is 5.68. The van der Waals surface area contributed by atoms with Crippen LogP contribution in [0.3, 0.4) is 0 Å². The van der Waals surface area contributed by atoms with Gasteiger partial charge in [-0.05, 0) is 32.1 Å². The van der Waals surface area contributed by atoms with Crippen molar-refractivity contribution in [2.24, 2.45) is 5.41 Å². The first-order chi connectivity index (χ1) is 6.81. The van der Waals surface area contributed by atoms with Crippen molar-refractivity contribution in [3.63, 3.8) is 0 Å². The number of unbranched alkanes of at least 4 members (excludes halogenated alkanes) is 4. The second-order valence-electron chi connectivity index (χ2n) is 5.68. The average Bonchev–Trinajstić information content (AvgIpc) is 2.09. The van der Waals surface area contributed by atoms with E-state index in [9.17, 15) is 5.11 Å². The summed E-state index contributed by atoms with van der Waals surface area (Å²) in [6.07, 6.45) is 6.69. The third kappa shape index (κ3) is 6.16. The Labute approximate surface area is 94.7 Å². The Bertz CT molecular complexity index is 156. The highest BCUT2D eigenvalue weighted by molar-refractivity contribution is 4.85. The van der Waals surface area contributed by atoms with E-state index in [1.54, 1.807) is 0 Å². The lowest BCUT2D eigenvalue weighted by Gasteiger charge is -2.37. The molecule has 2 nitrogen and oxygen atoms in total. The lowest BCUT2D eigenvalue weighted by molar-refractivity contribution is -0.0405. The van der Waals surface area contributed by atoms with Gasteiger partial charge in [-0.3, -0.25) is 0 Å². The predicted molar refractivity (Wildman–Crippen MR) is 64.9 cm³/mol. The van der Waals surface area contributed by atoms with Crippen LogP contribution in [-0.4, -0.2) is 22.4 Å². The van der Waals surface area contributed by atoms with Crippen LogP contribution in [0.15, 0.2) is 0 Å². The van der Waals surface area contributed by atoms with Crippen LogP contribution in [0.25, 0.3) is 0 Å². The average molecular weight is 216 g/mol. The van der Waals surface area contributed by atoms with Gasteiger partial charge in [-0.25, -0.2) is 0 Å². The van der Waals surface area contributed by atoms with Gasteiger partial charge in [0.2, 0.25) is 0 Å². The van der Waals surface area contributed by atoms with Gasteiger partial charge in [0.1, 0.15) is 0 Å². The predicted octanol–water partition coefficient (Wildman–Crippen LogP) is 3.12. The third-order valence-electron chi connectivity index (χ3n) is 3.62. The number of rotatable bonds is 8. The topological polar surface area (TPSA) is 40.5 Å². The second kappa shape index (κ2) is 6.49. The maximum Gasteiger partial charge on any atom is 0.0642 e. The molecule has 0 spiro atoms. The Morgan fingerprint density at radius 2 is 1.27 bits per heavy atom. The minimum absolute atomic E-state index is 0.00994. The van der Waals surface area contributed by atoms with E-state index >= 15 is 0 Å². The first-order valence-corrected chi connectivity index (χ1v) is 6.14. The smallest absolute Gasteiger partial charge is 0.0642 e. The Balaban J connectivity index is 3.58. The molecule has 92 valence electrons. The van der Waals surface area contributed by atoms with Crippen molar-refractivity contribution in [1.29, 1.82) is 0 Å². The van der Waals surface area contributed by atoms with E-state index in [1.807, 2.05) is 13.8 Å². The molecule has 0 saturated carbocycles. The van der Waals surface area contributed by atoms with Crippen molar-refractivity contribution in [3.05, 3.63) is 0 Å². The first kappa shape index (κ1) is 14.9. The van der Waals surface area contributed by atoms with Crippen molar-refractivity contribution in [3.8, 4) is 0 Å². The molecule has 0 rings (SSSR count). The lowest BCUT2D eigenvalue weighted by atomic mass is 9.73. The largest absolute Gasteiger partial charge is 0.396 e. The van der Waals surface area contributed by atoms with E-state index < -0.39 is 5.60 Å². The molecule has 2 heteroatoms. The fourth-order valence-corrected chi connectivity index (χ4v) is 1.51. The van der Waals surface area contributed by atoms with Crippen molar-refractivity contribution >= 4 is 0 Å². The summed E-state index contributed by atoms with van der Waals surface area (Å²) in [6, 6.07) is 0. The maximum atomic E-state index is 9.95. The van der Waals surface area contributed by atoms with Crippen LogP contribution >= 0.6 is 0 Å². The Morgan fingerprint density at radius 3 is 1.73 bits per heavy atom. The van der Waals surface area contributed by atoms with E-state index in [2.05, 4.69) is 13.8 Å². The fraction of sp³-hybridized carbons (Fsp3) is 1.00. The van der Waals surface area contributed by atoms with Crippen LogP contribution in [0.4, 0.5) is 0 Å². The molecule has 0 aromatic carbocycles. The first-order valence-electron chi connectivity index (χ1n) is 6.14. The number of hydrogen-bond donors (Lipinski definition) is 2. The molecule has 0 amide bonds. The summed E-state index contributed by atoms with van der Waals surface area (Å²) < 4.78 is 0. The van der Waals surface area contributed by atoms with Crippen molar-refractivity contribution in [2.45, 2.75) is 71.8 Å². The van der Waals surface area contributed by atoms with Gasteiger partial charge < -0.3 is 10.2 Å². The van der Waals surface area contributed by atoms with Gasteiger partial charge in [0.15, 0.2) is 0 Å². The van der Waals surface area contributed by atoms with Gasteiger partial charge in [-0.2, -0.15) is 0 Å². The van der Waals surface area contributed by atoms with Gasteiger partial charge in [0.25, 0.3) is 0 Å². The Hall–Kier alpha value is -0.0800. The van der Waals surface area contributed by atoms with Crippen LogP contribution in [0.5, 0.6) is 0 Å². The van der Waals surface area contributed by atoms with Crippen LogP contribution in [0.2, 0.25) is 0 Å². The summed E-state index contributed by atoms with van der Waals surface area (Å²) in [7, 11) is 0. The summed E-state index contributed by atoms with van der Waals surface area (Å²) >= 11 is 0. The molecule has 0 unspecified atom stereocenters. The Kier molecular flexibility index (Phi) is 6.46. The minimum Gasteiger partial charge on any atom is -0.396 e. The highest BCUT2D eigenvalue weighted by atomic mass is 16.3. The molecule has 15 heavy (non-hydrogen) atoms. The standard InChI is InChI=1S/C13H28O2/c1-12(2,13(3,4)15)10-8-6-5-7-9-11-14/h14-15H,5-11H2,1-4H3. The molecule has 0 aliphatic rings. The number of hydrogen-bond acceptors (Lipinski definition) is 2. The van der Waals surface area contributed by atoms with Gasteiger partial charge in [-0.1, -0.05) is 39.5 Å². The summed E-state index contributed by atoms with van der Waals surface area (Å²) in [5.74, 6) is 0. The molecule has 0 radical (unpaired) electrons. The summed E-state index contributed by atoms with van der Waals surface area (Å²) in [6.45, 7) is 8.34. The molecule has 0 aromatic rings. The van der Waals surface area contributed by atoms with E-state index in [0.29, 0.717) is 6.61 Å². The van der Waals surface area contributed by atoms with E-state index in [-0.39, 0.29) is 5.41 Å². The molecule has 0 heterocycles.